The van der Waals surface area contributed by atoms with Gasteiger partial charge in [-0.2, -0.15) is 13.2 Å². The van der Waals surface area contributed by atoms with Gasteiger partial charge in [0.15, 0.2) is 11.6 Å². The fourth-order valence-corrected chi connectivity index (χ4v) is 3.96. The van der Waals surface area contributed by atoms with Crippen molar-refractivity contribution >= 4 is 0 Å². The molecule has 3 atom stereocenters. The van der Waals surface area contributed by atoms with Gasteiger partial charge in [-0.15, -0.1) is 0 Å². The minimum absolute atomic E-state index is 0.142. The summed E-state index contributed by atoms with van der Waals surface area (Å²) in [6.07, 6.45) is -3.64. The number of nitrogens with two attached hydrogens (primary N) is 1. The third-order valence-electron chi connectivity index (χ3n) is 5.48. The summed E-state index contributed by atoms with van der Waals surface area (Å²) in [6, 6.07) is 0.375. The number of hydrogen-bond donors (Lipinski definition) is 1. The first-order valence-corrected chi connectivity index (χ1v) is 9.31. The summed E-state index contributed by atoms with van der Waals surface area (Å²) in [5.41, 5.74) is 6.95. The van der Waals surface area contributed by atoms with Crippen LogP contribution in [0.15, 0.2) is 18.3 Å². The van der Waals surface area contributed by atoms with Gasteiger partial charge in [0.2, 0.25) is 5.82 Å². The van der Waals surface area contributed by atoms with Crippen LogP contribution in [-0.2, 0) is 23.9 Å². The van der Waals surface area contributed by atoms with Crippen molar-refractivity contribution in [2.75, 3.05) is 13.2 Å². The minimum atomic E-state index is -4.60. The molecule has 0 saturated carbocycles. The molecule has 5 nitrogen and oxygen atoms in total. The summed E-state index contributed by atoms with van der Waals surface area (Å²) < 4.78 is 84.8. The number of nitrogens with zero attached hydrogens (tertiary/aromatic N) is 3. The first-order chi connectivity index (χ1) is 14.1. The van der Waals surface area contributed by atoms with E-state index in [0.717, 1.165) is 6.07 Å². The minimum Gasteiger partial charge on any atom is -0.370 e. The topological polar surface area (TPSA) is 64.3 Å². The lowest BCUT2D eigenvalue weighted by Gasteiger charge is -2.41. The zero-order valence-electron chi connectivity index (χ0n) is 15.6. The predicted molar refractivity (Wildman–Crippen MR) is 92.5 cm³/mol. The van der Waals surface area contributed by atoms with Gasteiger partial charge >= 0.3 is 6.18 Å². The van der Waals surface area contributed by atoms with Crippen molar-refractivity contribution in [1.82, 2.24) is 14.9 Å². The van der Waals surface area contributed by atoms with Gasteiger partial charge in [0.05, 0.1) is 12.3 Å². The van der Waals surface area contributed by atoms with Gasteiger partial charge < -0.3 is 10.5 Å². The molecule has 0 spiro atoms. The molecule has 11 heteroatoms. The van der Waals surface area contributed by atoms with E-state index in [4.69, 9.17) is 10.5 Å². The molecule has 1 saturated heterocycles. The van der Waals surface area contributed by atoms with Crippen LogP contribution in [0.25, 0.3) is 0 Å². The van der Waals surface area contributed by atoms with E-state index in [0.29, 0.717) is 43.3 Å². The Morgan fingerprint density at radius 2 is 1.83 bits per heavy atom. The van der Waals surface area contributed by atoms with Crippen molar-refractivity contribution in [3.05, 3.63) is 58.4 Å². The molecule has 4 rings (SSSR count). The van der Waals surface area contributed by atoms with Crippen LogP contribution in [0.5, 0.6) is 0 Å². The van der Waals surface area contributed by atoms with E-state index in [1.54, 1.807) is 0 Å². The van der Waals surface area contributed by atoms with Crippen molar-refractivity contribution in [2.45, 2.75) is 43.8 Å². The van der Waals surface area contributed by atoms with Crippen molar-refractivity contribution < 1.29 is 31.1 Å². The highest BCUT2D eigenvalue weighted by Crippen LogP contribution is 2.33. The Balaban J connectivity index is 1.45. The zero-order valence-corrected chi connectivity index (χ0v) is 15.6. The molecule has 0 radical (unpaired) electrons. The molecule has 162 valence electrons. The highest BCUT2D eigenvalue weighted by atomic mass is 19.4. The first kappa shape index (κ1) is 21.0. The SMILES string of the molecule is NC1CC(N2CCc3nc(C(F)(F)F)ncc3C2)CO[C@@H]1c1cc(F)c(F)cc1F. The summed E-state index contributed by atoms with van der Waals surface area (Å²) in [7, 11) is 0. The number of rotatable bonds is 2. The Kier molecular flexibility index (Phi) is 5.45. The van der Waals surface area contributed by atoms with E-state index in [9.17, 15) is 26.3 Å². The third-order valence-corrected chi connectivity index (χ3v) is 5.48. The number of alkyl halides is 3. The molecule has 2 N–H and O–H groups in total. The van der Waals surface area contributed by atoms with Crippen LogP contribution in [0.1, 0.15) is 35.2 Å². The van der Waals surface area contributed by atoms with Crippen molar-refractivity contribution in [3.8, 4) is 0 Å². The number of fused-ring (bicyclic) bond motifs is 1. The highest BCUT2D eigenvalue weighted by Gasteiger charge is 2.38. The number of aromatic nitrogens is 2. The predicted octanol–water partition coefficient (Wildman–Crippen LogP) is 3.13. The maximum Gasteiger partial charge on any atom is 0.451 e. The van der Waals surface area contributed by atoms with Crippen molar-refractivity contribution in [3.63, 3.8) is 0 Å². The summed E-state index contributed by atoms with van der Waals surface area (Å²) >= 11 is 0. The summed E-state index contributed by atoms with van der Waals surface area (Å²) in [4.78, 5) is 9.03. The van der Waals surface area contributed by atoms with Gasteiger partial charge in [-0.25, -0.2) is 23.1 Å². The molecule has 1 fully saturated rings. The Morgan fingerprint density at radius 1 is 1.10 bits per heavy atom. The Morgan fingerprint density at radius 3 is 2.53 bits per heavy atom. The molecule has 2 unspecified atom stereocenters. The van der Waals surface area contributed by atoms with Crippen LogP contribution >= 0.6 is 0 Å². The van der Waals surface area contributed by atoms with Crippen LogP contribution in [0, 0.1) is 17.5 Å². The van der Waals surface area contributed by atoms with Crippen LogP contribution < -0.4 is 5.73 Å². The molecule has 0 bridgehead atoms. The Bertz CT molecular complexity index is 953. The van der Waals surface area contributed by atoms with E-state index in [-0.39, 0.29) is 18.2 Å². The van der Waals surface area contributed by atoms with Crippen LogP contribution in [-0.4, -0.2) is 40.1 Å². The van der Waals surface area contributed by atoms with Gasteiger partial charge in [0.1, 0.15) is 11.9 Å². The smallest absolute Gasteiger partial charge is 0.370 e. The van der Waals surface area contributed by atoms with Gasteiger partial charge in [-0.3, -0.25) is 4.90 Å². The molecule has 2 aliphatic rings. The van der Waals surface area contributed by atoms with Gasteiger partial charge in [0.25, 0.3) is 0 Å². The fraction of sp³-hybridized carbons (Fsp3) is 0.474. The average molecular weight is 432 g/mol. The van der Waals surface area contributed by atoms with Crippen LogP contribution in [0.2, 0.25) is 0 Å². The standard InChI is InChI=1S/C19H18F6N4O/c20-12-5-14(22)13(21)4-11(12)17-15(26)3-10(8-30-17)29-2-1-16-9(7-29)6-27-18(28-16)19(23,24)25/h4-6,10,15,17H,1-3,7-8,26H2/t10?,15?,17-/m1/s1. The molecule has 0 amide bonds. The second-order valence-corrected chi connectivity index (χ2v) is 7.48. The second kappa shape index (κ2) is 7.78. The van der Waals surface area contributed by atoms with Gasteiger partial charge in [-0.1, -0.05) is 0 Å². The summed E-state index contributed by atoms with van der Waals surface area (Å²) in [5.74, 6) is -4.57. The van der Waals surface area contributed by atoms with Crippen LogP contribution in [0.4, 0.5) is 26.3 Å². The largest absolute Gasteiger partial charge is 0.451 e. The van der Waals surface area contributed by atoms with E-state index >= 15 is 0 Å². The van der Waals surface area contributed by atoms with E-state index in [1.807, 2.05) is 4.90 Å². The molecular formula is C19H18F6N4O. The molecule has 30 heavy (non-hydrogen) atoms. The lowest BCUT2D eigenvalue weighted by Crippen LogP contribution is -2.50. The molecule has 0 aliphatic carbocycles. The fourth-order valence-electron chi connectivity index (χ4n) is 3.96. The lowest BCUT2D eigenvalue weighted by molar-refractivity contribution is -0.145. The summed E-state index contributed by atoms with van der Waals surface area (Å²) in [6.45, 7) is 0.943. The van der Waals surface area contributed by atoms with Gasteiger partial charge in [-0.05, 0) is 12.5 Å². The molecule has 2 aliphatic heterocycles. The number of hydrogen-bond acceptors (Lipinski definition) is 5. The quantitative estimate of drug-likeness (QED) is 0.584. The van der Waals surface area contributed by atoms with Gasteiger partial charge in [0, 0.05) is 55.0 Å². The van der Waals surface area contributed by atoms with E-state index in [1.165, 1.54) is 6.20 Å². The first-order valence-electron chi connectivity index (χ1n) is 9.31. The molecule has 1 aromatic carbocycles. The van der Waals surface area contributed by atoms with Crippen molar-refractivity contribution in [2.24, 2.45) is 5.73 Å². The Labute approximate surface area is 167 Å². The molecule has 1 aromatic heterocycles. The summed E-state index contributed by atoms with van der Waals surface area (Å²) in [5, 5.41) is 0. The number of ether oxygens (including phenoxy) is 1. The second-order valence-electron chi connectivity index (χ2n) is 7.48. The zero-order chi connectivity index (χ0) is 21.6. The average Bonchev–Trinajstić information content (AvgIpc) is 2.69. The van der Waals surface area contributed by atoms with Crippen LogP contribution in [0.3, 0.4) is 0 Å². The lowest BCUT2D eigenvalue weighted by atomic mass is 9.92. The normalized spacial score (nSPS) is 25.2. The number of benzene rings is 1. The van der Waals surface area contributed by atoms with E-state index < -0.39 is 41.6 Å². The molecule has 2 aromatic rings. The van der Waals surface area contributed by atoms with Crippen molar-refractivity contribution in [1.29, 1.82) is 0 Å². The maximum absolute atomic E-state index is 14.1. The third kappa shape index (κ3) is 4.01. The highest BCUT2D eigenvalue weighted by molar-refractivity contribution is 5.25. The van der Waals surface area contributed by atoms with E-state index in [2.05, 4.69) is 9.97 Å². The molecule has 3 heterocycles. The monoisotopic (exact) mass is 432 g/mol. The Hall–Kier alpha value is -2.24. The maximum atomic E-state index is 14.1. The molecular weight excluding hydrogens is 414 g/mol. The number of halogens is 6.